The first-order chi connectivity index (χ1) is 30.5. The average molecular weight is 842 g/mol. The van der Waals surface area contributed by atoms with Gasteiger partial charge in [-0.2, -0.15) is 26.3 Å². The van der Waals surface area contributed by atoms with Gasteiger partial charge < -0.3 is 4.57 Å². The second-order valence-electron chi connectivity index (χ2n) is 14.6. The summed E-state index contributed by atoms with van der Waals surface area (Å²) >= 11 is 0. The summed E-state index contributed by atoms with van der Waals surface area (Å²) in [7, 11) is 0. The van der Waals surface area contributed by atoms with Gasteiger partial charge in [0.05, 0.1) is 27.8 Å². The van der Waals surface area contributed by atoms with Crippen molar-refractivity contribution in [1.29, 1.82) is 0 Å². The van der Waals surface area contributed by atoms with Crippen molar-refractivity contribution in [1.82, 2.24) is 34.5 Å². The SMILES string of the molecule is FC(F)(F)c1ccc2c(c1)c1cc(C(F)(F)F)ccc1n2-c1ccc(-c2nc(-c3ccccc3)nc(-c3ccccc3)n2)cc1-c1nc(-c2ccccc2)nc(-c2ccccc2)n1. The van der Waals surface area contributed by atoms with E-state index in [1.165, 1.54) is 12.1 Å². The van der Waals surface area contributed by atoms with E-state index in [4.69, 9.17) is 29.9 Å². The molecule has 10 rings (SSSR count). The monoisotopic (exact) mass is 841 g/mol. The highest BCUT2D eigenvalue weighted by Crippen LogP contribution is 2.42. The highest BCUT2D eigenvalue weighted by atomic mass is 19.4. The van der Waals surface area contributed by atoms with E-state index >= 15 is 0 Å². The van der Waals surface area contributed by atoms with Crippen molar-refractivity contribution < 1.29 is 26.3 Å². The maximum Gasteiger partial charge on any atom is 0.416 e. The van der Waals surface area contributed by atoms with Crippen molar-refractivity contribution in [2.24, 2.45) is 0 Å². The molecule has 306 valence electrons. The van der Waals surface area contributed by atoms with E-state index in [0.717, 1.165) is 35.4 Å². The predicted octanol–water partition coefficient (Wildman–Crippen LogP) is 13.2. The third-order valence-electron chi connectivity index (χ3n) is 10.6. The van der Waals surface area contributed by atoms with Gasteiger partial charge in [0.25, 0.3) is 0 Å². The summed E-state index contributed by atoms with van der Waals surface area (Å²) in [4.78, 5) is 29.5. The molecular formula is C50H29F6N7. The lowest BCUT2D eigenvalue weighted by Crippen LogP contribution is -2.06. The Bertz CT molecular complexity index is 3110. The zero-order valence-electron chi connectivity index (χ0n) is 32.6. The molecule has 0 fully saturated rings. The van der Waals surface area contributed by atoms with E-state index in [9.17, 15) is 26.3 Å². The first kappa shape index (κ1) is 39.1. The number of rotatable bonds is 7. The van der Waals surface area contributed by atoms with Crippen molar-refractivity contribution >= 4 is 21.8 Å². The lowest BCUT2D eigenvalue weighted by Gasteiger charge is -2.17. The van der Waals surface area contributed by atoms with Crippen LogP contribution in [-0.4, -0.2) is 34.5 Å². The van der Waals surface area contributed by atoms with Crippen LogP contribution in [0.25, 0.3) is 95.8 Å². The summed E-state index contributed by atoms with van der Waals surface area (Å²) in [5, 5.41) is -0.0481. The van der Waals surface area contributed by atoms with Crippen LogP contribution in [0.5, 0.6) is 0 Å². The summed E-state index contributed by atoms with van der Waals surface area (Å²) in [6.45, 7) is 0. The number of benzene rings is 7. The van der Waals surface area contributed by atoms with Crippen LogP contribution in [0.3, 0.4) is 0 Å². The quantitative estimate of drug-likeness (QED) is 0.149. The van der Waals surface area contributed by atoms with Crippen molar-refractivity contribution in [3.05, 3.63) is 187 Å². The number of hydrogen-bond acceptors (Lipinski definition) is 6. The van der Waals surface area contributed by atoms with Crippen LogP contribution < -0.4 is 0 Å². The molecule has 0 amide bonds. The standard InChI is InChI=1S/C50H29F6N7/c51-49(52,53)35-22-25-40-37(28-35)38-29-36(50(54,55)56)23-26-41(38)63(40)42-24-21-34(47-59-43(30-13-5-1-6-14-30)57-44(60-47)31-15-7-2-8-16-31)27-39(42)48-61-45(32-17-9-3-10-18-32)58-46(62-48)33-19-11-4-12-20-33/h1-29H. The number of aromatic nitrogens is 7. The molecule has 0 aliphatic rings. The Morgan fingerprint density at radius 3 is 1.00 bits per heavy atom. The molecule has 0 unspecified atom stereocenters. The third-order valence-corrected chi connectivity index (χ3v) is 10.6. The van der Waals surface area contributed by atoms with Crippen LogP contribution in [0, 0.1) is 0 Å². The van der Waals surface area contributed by atoms with Gasteiger partial charge in [0.15, 0.2) is 34.9 Å². The molecule has 63 heavy (non-hydrogen) atoms. The van der Waals surface area contributed by atoms with Crippen molar-refractivity contribution in [3.8, 4) is 74.0 Å². The van der Waals surface area contributed by atoms with E-state index in [1.54, 1.807) is 22.8 Å². The lowest BCUT2D eigenvalue weighted by atomic mass is 10.1. The Hall–Kier alpha value is -8.06. The molecule has 0 spiro atoms. The fraction of sp³-hybridized carbons (Fsp3) is 0.0400. The number of nitrogens with zero attached hydrogens (tertiary/aromatic N) is 7. The molecule has 0 saturated carbocycles. The van der Waals surface area contributed by atoms with Crippen molar-refractivity contribution in [2.45, 2.75) is 12.4 Å². The van der Waals surface area contributed by atoms with Crippen molar-refractivity contribution in [3.63, 3.8) is 0 Å². The molecular weight excluding hydrogens is 813 g/mol. The molecule has 0 aliphatic heterocycles. The maximum atomic E-state index is 14.2. The van der Waals surface area contributed by atoms with E-state index in [-0.39, 0.29) is 27.6 Å². The fourth-order valence-corrected chi connectivity index (χ4v) is 7.55. The summed E-state index contributed by atoms with van der Waals surface area (Å²) < 4.78 is 86.9. The normalized spacial score (nSPS) is 12.0. The van der Waals surface area contributed by atoms with E-state index < -0.39 is 23.5 Å². The Labute approximate surface area is 355 Å². The van der Waals surface area contributed by atoms with Gasteiger partial charge in [0.1, 0.15) is 0 Å². The zero-order chi connectivity index (χ0) is 43.3. The van der Waals surface area contributed by atoms with Gasteiger partial charge in [-0.25, -0.2) is 29.9 Å². The molecule has 0 saturated heterocycles. The second kappa shape index (κ2) is 15.4. The minimum atomic E-state index is -4.76. The summed E-state index contributed by atoms with van der Waals surface area (Å²) in [6, 6.07) is 48.8. The first-order valence-electron chi connectivity index (χ1n) is 19.6. The highest BCUT2D eigenvalue weighted by Gasteiger charge is 2.34. The Morgan fingerprint density at radius 2 is 0.651 bits per heavy atom. The van der Waals surface area contributed by atoms with Gasteiger partial charge >= 0.3 is 12.4 Å². The molecule has 7 nitrogen and oxygen atoms in total. The molecule has 0 aliphatic carbocycles. The van der Waals surface area contributed by atoms with Crippen LogP contribution in [-0.2, 0) is 12.4 Å². The van der Waals surface area contributed by atoms with Gasteiger partial charge in [-0.3, -0.25) is 0 Å². The van der Waals surface area contributed by atoms with E-state index in [0.29, 0.717) is 57.1 Å². The molecule has 0 atom stereocenters. The number of hydrogen-bond donors (Lipinski definition) is 0. The van der Waals surface area contributed by atoms with Gasteiger partial charge in [-0.1, -0.05) is 121 Å². The summed E-state index contributed by atoms with van der Waals surface area (Å²) in [5.74, 6) is 1.95. The summed E-state index contributed by atoms with van der Waals surface area (Å²) in [5.41, 5.74) is 2.55. The fourth-order valence-electron chi connectivity index (χ4n) is 7.55. The maximum absolute atomic E-state index is 14.2. The average Bonchev–Trinajstić information content (AvgIpc) is 3.64. The van der Waals surface area contributed by atoms with E-state index in [1.807, 2.05) is 121 Å². The second-order valence-corrected chi connectivity index (χ2v) is 14.6. The molecule has 7 aromatic carbocycles. The van der Waals surface area contributed by atoms with Gasteiger partial charge in [0.2, 0.25) is 0 Å². The first-order valence-corrected chi connectivity index (χ1v) is 19.6. The Balaban J connectivity index is 1.29. The van der Waals surface area contributed by atoms with Gasteiger partial charge in [0, 0.05) is 44.2 Å². The smallest absolute Gasteiger partial charge is 0.309 e. The summed E-state index contributed by atoms with van der Waals surface area (Å²) in [6.07, 6.45) is -9.52. The van der Waals surface area contributed by atoms with Crippen LogP contribution in [0.15, 0.2) is 176 Å². The van der Waals surface area contributed by atoms with Crippen LogP contribution in [0.1, 0.15) is 11.1 Å². The van der Waals surface area contributed by atoms with Gasteiger partial charge in [-0.05, 0) is 54.6 Å². The molecule has 3 heterocycles. The molecule has 0 bridgehead atoms. The number of alkyl halides is 6. The van der Waals surface area contributed by atoms with E-state index in [2.05, 4.69) is 0 Å². The lowest BCUT2D eigenvalue weighted by molar-refractivity contribution is -0.138. The van der Waals surface area contributed by atoms with Crippen LogP contribution >= 0.6 is 0 Å². The topological polar surface area (TPSA) is 82.3 Å². The predicted molar refractivity (Wildman–Crippen MR) is 230 cm³/mol. The Kier molecular flexibility index (Phi) is 9.58. The minimum Gasteiger partial charge on any atom is -0.309 e. The van der Waals surface area contributed by atoms with Crippen LogP contribution in [0.2, 0.25) is 0 Å². The molecule has 3 aromatic heterocycles. The largest absolute Gasteiger partial charge is 0.416 e. The molecule has 0 radical (unpaired) electrons. The van der Waals surface area contributed by atoms with Gasteiger partial charge in [-0.15, -0.1) is 0 Å². The molecule has 13 heteroatoms. The highest BCUT2D eigenvalue weighted by molar-refractivity contribution is 6.10. The number of fused-ring (bicyclic) bond motifs is 3. The van der Waals surface area contributed by atoms with Crippen molar-refractivity contribution in [2.75, 3.05) is 0 Å². The third kappa shape index (κ3) is 7.54. The molecule has 10 aromatic rings. The van der Waals surface area contributed by atoms with Crippen LogP contribution in [0.4, 0.5) is 26.3 Å². The molecule has 0 N–H and O–H groups in total. The zero-order valence-corrected chi connectivity index (χ0v) is 32.6. The Morgan fingerprint density at radius 1 is 0.317 bits per heavy atom. The minimum absolute atomic E-state index is 0.0241. The number of halogens is 6.